The number of nitrogens with one attached hydrogen (secondary N) is 1. The Labute approximate surface area is 148 Å². The number of hydrogen-bond acceptors (Lipinski definition) is 4. The predicted octanol–water partition coefficient (Wildman–Crippen LogP) is 2.13. The normalized spacial score (nSPS) is 15.9. The van der Waals surface area contributed by atoms with Crippen LogP contribution in [0.5, 0.6) is 0 Å². The molecule has 1 fully saturated rings. The van der Waals surface area contributed by atoms with Gasteiger partial charge in [-0.1, -0.05) is 0 Å². The Balaban J connectivity index is 1.90. The average Bonchev–Trinajstić information content (AvgIpc) is 2.56. The van der Waals surface area contributed by atoms with Gasteiger partial charge in [0.15, 0.2) is 0 Å². The van der Waals surface area contributed by atoms with E-state index in [4.69, 9.17) is 5.11 Å². The Morgan fingerprint density at radius 1 is 1.29 bits per heavy atom. The number of hydrogen-bond donors (Lipinski definition) is 2. The van der Waals surface area contributed by atoms with E-state index in [1.807, 2.05) is 0 Å². The van der Waals surface area contributed by atoms with E-state index < -0.39 is 17.3 Å². The highest BCUT2D eigenvalue weighted by atomic mass is 79.9. The van der Waals surface area contributed by atoms with Gasteiger partial charge in [0.05, 0.1) is 0 Å². The lowest BCUT2D eigenvalue weighted by Crippen LogP contribution is -2.49. The second kappa shape index (κ2) is 7.29. The molecule has 1 aromatic heterocycles. The summed E-state index contributed by atoms with van der Waals surface area (Å²) in [5, 5.41) is 11.9. The van der Waals surface area contributed by atoms with E-state index in [1.165, 1.54) is 18.7 Å². The zero-order chi connectivity index (χ0) is 17.9. The third kappa shape index (κ3) is 4.11. The SMILES string of the molecule is CC(C)(C(=O)O)C(=O)N1CCC(C(=O)Nc2ccc(Br)cn2)CC1. The van der Waals surface area contributed by atoms with E-state index in [2.05, 4.69) is 26.2 Å². The molecule has 0 spiro atoms. The molecule has 0 unspecified atom stereocenters. The standard InChI is InChI=1S/C16H20BrN3O4/c1-16(2,15(23)24)14(22)20-7-5-10(6-8-20)13(21)19-12-4-3-11(17)9-18-12/h3-4,9-10H,5-8H2,1-2H3,(H,23,24)(H,18,19,21). The molecule has 0 bridgehead atoms. The molecule has 130 valence electrons. The van der Waals surface area contributed by atoms with Crippen molar-refractivity contribution in [1.29, 1.82) is 0 Å². The molecule has 2 heterocycles. The van der Waals surface area contributed by atoms with Crippen LogP contribution in [0.25, 0.3) is 0 Å². The van der Waals surface area contributed by atoms with Gasteiger partial charge in [-0.05, 0) is 54.8 Å². The Bertz CT molecular complexity index is 637. The zero-order valence-electron chi connectivity index (χ0n) is 13.6. The molecule has 0 atom stereocenters. The summed E-state index contributed by atoms with van der Waals surface area (Å²) in [6.07, 6.45) is 2.61. The fraction of sp³-hybridized carbons (Fsp3) is 0.500. The van der Waals surface area contributed by atoms with Crippen LogP contribution >= 0.6 is 15.9 Å². The highest BCUT2D eigenvalue weighted by molar-refractivity contribution is 9.10. The summed E-state index contributed by atoms with van der Waals surface area (Å²) < 4.78 is 0.827. The van der Waals surface area contributed by atoms with Crippen molar-refractivity contribution in [3.05, 3.63) is 22.8 Å². The van der Waals surface area contributed by atoms with Crippen LogP contribution in [-0.2, 0) is 14.4 Å². The lowest BCUT2D eigenvalue weighted by atomic mass is 9.89. The van der Waals surface area contributed by atoms with Crippen molar-refractivity contribution >= 4 is 39.5 Å². The van der Waals surface area contributed by atoms with E-state index in [0.29, 0.717) is 31.7 Å². The summed E-state index contributed by atoms with van der Waals surface area (Å²) in [6.45, 7) is 3.55. The molecule has 7 nitrogen and oxygen atoms in total. The maximum atomic E-state index is 12.3. The molecule has 8 heteroatoms. The minimum atomic E-state index is -1.45. The third-order valence-corrected chi connectivity index (χ3v) is 4.67. The van der Waals surface area contributed by atoms with E-state index in [9.17, 15) is 14.4 Å². The molecule has 24 heavy (non-hydrogen) atoms. The molecule has 2 amide bonds. The molecule has 0 aliphatic carbocycles. The molecule has 1 saturated heterocycles. The topological polar surface area (TPSA) is 99.6 Å². The number of carboxylic acid groups (broad SMARTS) is 1. The van der Waals surface area contributed by atoms with E-state index in [0.717, 1.165) is 4.47 Å². The first-order chi connectivity index (χ1) is 11.2. The van der Waals surface area contributed by atoms with Gasteiger partial charge in [-0.25, -0.2) is 4.98 Å². The lowest BCUT2D eigenvalue weighted by Gasteiger charge is -2.34. The van der Waals surface area contributed by atoms with Gasteiger partial charge in [0.1, 0.15) is 11.2 Å². The summed E-state index contributed by atoms with van der Waals surface area (Å²) in [6, 6.07) is 3.49. The fourth-order valence-corrected chi connectivity index (χ4v) is 2.74. The van der Waals surface area contributed by atoms with Gasteiger partial charge in [-0.2, -0.15) is 0 Å². The maximum absolute atomic E-state index is 12.3. The number of nitrogens with zero attached hydrogens (tertiary/aromatic N) is 2. The van der Waals surface area contributed by atoms with Gasteiger partial charge in [0, 0.05) is 29.7 Å². The van der Waals surface area contributed by atoms with E-state index >= 15 is 0 Å². The molecule has 2 rings (SSSR count). The maximum Gasteiger partial charge on any atom is 0.318 e. The molecule has 1 aliphatic heterocycles. The van der Waals surface area contributed by atoms with Crippen LogP contribution < -0.4 is 5.32 Å². The Hall–Kier alpha value is -1.96. The van der Waals surface area contributed by atoms with Gasteiger partial charge in [0.2, 0.25) is 11.8 Å². The zero-order valence-corrected chi connectivity index (χ0v) is 15.2. The largest absolute Gasteiger partial charge is 0.480 e. The summed E-state index contributed by atoms with van der Waals surface area (Å²) in [5.74, 6) is -1.42. The number of rotatable bonds is 4. The van der Waals surface area contributed by atoms with Crippen molar-refractivity contribution in [2.75, 3.05) is 18.4 Å². The van der Waals surface area contributed by atoms with Crippen LogP contribution in [0.2, 0.25) is 0 Å². The molecule has 0 aromatic carbocycles. The van der Waals surface area contributed by atoms with Crippen LogP contribution in [-0.4, -0.2) is 45.9 Å². The summed E-state index contributed by atoms with van der Waals surface area (Å²) in [7, 11) is 0. The molecule has 2 N–H and O–H groups in total. The number of halogens is 1. The van der Waals surface area contributed by atoms with Gasteiger partial charge >= 0.3 is 5.97 Å². The second-order valence-electron chi connectivity index (χ2n) is 6.35. The number of carbonyl (C=O) groups excluding carboxylic acids is 2. The fourth-order valence-electron chi connectivity index (χ4n) is 2.51. The van der Waals surface area contributed by atoms with Crippen molar-refractivity contribution in [3.8, 4) is 0 Å². The smallest absolute Gasteiger partial charge is 0.318 e. The number of piperidine rings is 1. The highest BCUT2D eigenvalue weighted by Crippen LogP contribution is 2.25. The van der Waals surface area contributed by atoms with Crippen molar-refractivity contribution in [2.45, 2.75) is 26.7 Å². The number of anilines is 1. The number of likely N-dealkylation sites (tertiary alicyclic amines) is 1. The quantitative estimate of drug-likeness (QED) is 0.757. The van der Waals surface area contributed by atoms with Crippen molar-refractivity contribution in [1.82, 2.24) is 9.88 Å². The molecular formula is C16H20BrN3O4. The predicted molar refractivity (Wildman–Crippen MR) is 91.3 cm³/mol. The average molecular weight is 398 g/mol. The minimum absolute atomic E-state index is 0.130. The minimum Gasteiger partial charge on any atom is -0.480 e. The summed E-state index contributed by atoms with van der Waals surface area (Å²) in [4.78, 5) is 41.4. The molecule has 1 aromatic rings. The van der Waals surface area contributed by atoms with Crippen molar-refractivity contribution in [2.24, 2.45) is 11.3 Å². The van der Waals surface area contributed by atoms with Gasteiger partial charge in [-0.3, -0.25) is 14.4 Å². The number of amides is 2. The number of aromatic nitrogens is 1. The number of pyridine rings is 1. The highest BCUT2D eigenvalue weighted by Gasteiger charge is 2.40. The van der Waals surface area contributed by atoms with Crippen LogP contribution in [0.3, 0.4) is 0 Å². The molecule has 0 saturated carbocycles. The Morgan fingerprint density at radius 3 is 2.42 bits per heavy atom. The first-order valence-corrected chi connectivity index (χ1v) is 8.46. The third-order valence-electron chi connectivity index (χ3n) is 4.20. The number of aliphatic carboxylic acids is 1. The first kappa shape index (κ1) is 18.4. The Kier molecular flexibility index (Phi) is 5.58. The van der Waals surface area contributed by atoms with Gasteiger partial charge in [0.25, 0.3) is 0 Å². The van der Waals surface area contributed by atoms with Crippen LogP contribution in [0.4, 0.5) is 5.82 Å². The molecular weight excluding hydrogens is 378 g/mol. The van der Waals surface area contributed by atoms with E-state index in [1.54, 1.807) is 18.3 Å². The van der Waals surface area contributed by atoms with Crippen LogP contribution in [0.15, 0.2) is 22.8 Å². The van der Waals surface area contributed by atoms with E-state index in [-0.39, 0.29) is 11.8 Å². The number of carboxylic acids is 1. The lowest BCUT2D eigenvalue weighted by molar-refractivity contribution is -0.159. The molecule has 0 radical (unpaired) electrons. The van der Waals surface area contributed by atoms with Crippen molar-refractivity contribution < 1.29 is 19.5 Å². The van der Waals surface area contributed by atoms with Crippen LogP contribution in [0, 0.1) is 11.3 Å². The number of carbonyl (C=O) groups is 3. The summed E-state index contributed by atoms with van der Waals surface area (Å²) >= 11 is 3.28. The Morgan fingerprint density at radius 2 is 1.92 bits per heavy atom. The van der Waals surface area contributed by atoms with Crippen molar-refractivity contribution in [3.63, 3.8) is 0 Å². The van der Waals surface area contributed by atoms with Gasteiger partial charge < -0.3 is 15.3 Å². The second-order valence-corrected chi connectivity index (χ2v) is 7.26. The van der Waals surface area contributed by atoms with Gasteiger partial charge in [-0.15, -0.1) is 0 Å². The summed E-state index contributed by atoms with van der Waals surface area (Å²) in [5.41, 5.74) is -1.45. The van der Waals surface area contributed by atoms with Crippen LogP contribution in [0.1, 0.15) is 26.7 Å². The molecule has 1 aliphatic rings. The first-order valence-electron chi connectivity index (χ1n) is 7.67. The monoisotopic (exact) mass is 397 g/mol.